The summed E-state index contributed by atoms with van der Waals surface area (Å²) < 4.78 is 0. The van der Waals surface area contributed by atoms with E-state index in [1.807, 2.05) is 18.4 Å². The fourth-order valence-electron chi connectivity index (χ4n) is 1.79. The first-order valence-corrected chi connectivity index (χ1v) is 8.02. The Morgan fingerprint density at radius 1 is 1.50 bits per heavy atom. The molecule has 0 aliphatic carbocycles. The molecule has 0 saturated carbocycles. The lowest BCUT2D eigenvalue weighted by Gasteiger charge is -2.26. The van der Waals surface area contributed by atoms with Crippen molar-refractivity contribution in [1.29, 1.82) is 0 Å². The molecule has 1 aromatic carbocycles. The van der Waals surface area contributed by atoms with Crippen LogP contribution in [0, 0.1) is 0 Å². The van der Waals surface area contributed by atoms with Gasteiger partial charge in [-0.1, -0.05) is 17.7 Å². The molecule has 0 heterocycles. The topological polar surface area (TPSA) is 52.6 Å². The third kappa shape index (κ3) is 5.61. The van der Waals surface area contributed by atoms with Crippen LogP contribution in [0.25, 0.3) is 0 Å². The summed E-state index contributed by atoms with van der Waals surface area (Å²) in [6.07, 6.45) is 2.02. The van der Waals surface area contributed by atoms with Crippen molar-refractivity contribution in [3.05, 3.63) is 28.8 Å². The molecular formula is C14H21ClN2O2S. The number of rotatable bonds is 5. The van der Waals surface area contributed by atoms with E-state index in [0.717, 1.165) is 11.3 Å². The zero-order valence-electron chi connectivity index (χ0n) is 12.2. The number of carbonyl (C=O) groups excluding carboxylic acids is 1. The van der Waals surface area contributed by atoms with Crippen molar-refractivity contribution in [3.8, 4) is 0 Å². The Balaban J connectivity index is 2.77. The first-order chi connectivity index (χ1) is 9.23. The molecule has 0 unspecified atom stereocenters. The number of likely N-dealkylation sites (N-methyl/N-ethyl adjacent to an activating group) is 1. The van der Waals surface area contributed by atoms with Crippen LogP contribution in [0.4, 0.5) is 10.5 Å². The van der Waals surface area contributed by atoms with Gasteiger partial charge in [-0.15, -0.1) is 0 Å². The number of halogens is 1. The van der Waals surface area contributed by atoms with E-state index in [1.165, 1.54) is 4.90 Å². The quantitative estimate of drug-likeness (QED) is 0.875. The Bertz CT molecular complexity index is 475. The Morgan fingerprint density at radius 3 is 2.70 bits per heavy atom. The molecule has 0 bridgehead atoms. The number of nitrogens with one attached hydrogen (secondary N) is 1. The summed E-state index contributed by atoms with van der Waals surface area (Å²) in [5, 5.41) is 13.0. The van der Waals surface area contributed by atoms with Gasteiger partial charge in [0.05, 0.1) is 22.9 Å². The highest BCUT2D eigenvalue weighted by molar-refractivity contribution is 7.97. The second kappa shape index (κ2) is 7.20. The molecule has 0 fully saturated rings. The van der Waals surface area contributed by atoms with Crippen molar-refractivity contribution in [2.45, 2.75) is 25.2 Å². The van der Waals surface area contributed by atoms with E-state index in [1.54, 1.807) is 38.7 Å². The van der Waals surface area contributed by atoms with Gasteiger partial charge >= 0.3 is 6.03 Å². The van der Waals surface area contributed by atoms with Crippen molar-refractivity contribution in [2.24, 2.45) is 0 Å². The predicted molar refractivity (Wildman–Crippen MR) is 86.6 cm³/mol. The number of benzene rings is 1. The summed E-state index contributed by atoms with van der Waals surface area (Å²) in [6, 6.07) is 5.29. The summed E-state index contributed by atoms with van der Waals surface area (Å²) in [4.78, 5) is 13.5. The van der Waals surface area contributed by atoms with Crippen molar-refractivity contribution >= 4 is 35.1 Å². The van der Waals surface area contributed by atoms with Crippen molar-refractivity contribution in [3.63, 3.8) is 0 Å². The van der Waals surface area contributed by atoms with Crippen LogP contribution in [0.3, 0.4) is 0 Å². The van der Waals surface area contributed by atoms with Gasteiger partial charge < -0.3 is 15.3 Å². The van der Waals surface area contributed by atoms with Gasteiger partial charge in [-0.05, 0) is 37.8 Å². The van der Waals surface area contributed by atoms with E-state index in [2.05, 4.69) is 5.32 Å². The maximum atomic E-state index is 12.1. The molecule has 1 rings (SSSR count). The molecule has 0 atom stereocenters. The molecule has 2 N–H and O–H groups in total. The zero-order valence-corrected chi connectivity index (χ0v) is 13.8. The van der Waals surface area contributed by atoms with Crippen LogP contribution < -0.4 is 5.32 Å². The van der Waals surface area contributed by atoms with Gasteiger partial charge in [-0.25, -0.2) is 4.79 Å². The van der Waals surface area contributed by atoms with Gasteiger partial charge in [0.15, 0.2) is 0 Å². The zero-order chi connectivity index (χ0) is 15.3. The third-order valence-electron chi connectivity index (χ3n) is 2.55. The minimum Gasteiger partial charge on any atom is -0.389 e. The molecule has 0 aromatic heterocycles. The molecule has 0 spiro atoms. The Kier molecular flexibility index (Phi) is 6.17. The van der Waals surface area contributed by atoms with Gasteiger partial charge in [-0.2, -0.15) is 11.8 Å². The number of hydrogen-bond donors (Lipinski definition) is 2. The number of amides is 2. The predicted octanol–water partition coefficient (Wildman–Crippen LogP) is 3.44. The van der Waals surface area contributed by atoms with E-state index in [9.17, 15) is 9.90 Å². The van der Waals surface area contributed by atoms with Gasteiger partial charge in [0, 0.05) is 12.8 Å². The maximum absolute atomic E-state index is 12.1. The molecule has 4 nitrogen and oxygen atoms in total. The number of nitrogens with zero attached hydrogens (tertiary/aromatic N) is 1. The van der Waals surface area contributed by atoms with E-state index in [4.69, 9.17) is 11.6 Å². The minimum atomic E-state index is -0.934. The van der Waals surface area contributed by atoms with E-state index in [0.29, 0.717) is 10.7 Å². The molecule has 20 heavy (non-hydrogen) atoms. The summed E-state index contributed by atoms with van der Waals surface area (Å²) >= 11 is 7.79. The average molecular weight is 317 g/mol. The normalized spacial score (nSPS) is 11.3. The Hall–Kier alpha value is -0.910. The summed E-state index contributed by atoms with van der Waals surface area (Å²) in [6.45, 7) is 3.55. The van der Waals surface area contributed by atoms with Gasteiger partial charge in [0.2, 0.25) is 0 Å². The Morgan fingerprint density at radius 2 is 2.15 bits per heavy atom. The number of aliphatic hydroxyl groups is 1. The SMILES string of the molecule is CSCc1ccc(Cl)c(NC(=O)N(C)CC(C)(C)O)c1. The van der Waals surface area contributed by atoms with Crippen molar-refractivity contribution in [1.82, 2.24) is 4.90 Å². The number of anilines is 1. The number of carbonyl (C=O) groups is 1. The first kappa shape index (κ1) is 17.1. The first-order valence-electron chi connectivity index (χ1n) is 6.25. The number of thioether (sulfide) groups is 1. The van der Waals surface area contributed by atoms with Crippen LogP contribution in [-0.4, -0.2) is 41.5 Å². The molecule has 0 aliphatic heterocycles. The molecule has 6 heteroatoms. The molecule has 1 aromatic rings. The third-order valence-corrected chi connectivity index (χ3v) is 3.51. The second-order valence-electron chi connectivity index (χ2n) is 5.35. The van der Waals surface area contributed by atoms with Crippen molar-refractivity contribution in [2.75, 3.05) is 25.2 Å². The van der Waals surface area contributed by atoms with E-state index < -0.39 is 5.60 Å². The molecular weight excluding hydrogens is 296 g/mol. The smallest absolute Gasteiger partial charge is 0.321 e. The highest BCUT2D eigenvalue weighted by Crippen LogP contribution is 2.25. The molecule has 2 amide bonds. The summed E-state index contributed by atoms with van der Waals surface area (Å²) in [7, 11) is 1.63. The molecule has 0 saturated heterocycles. The fraction of sp³-hybridized carbons (Fsp3) is 0.500. The molecule has 112 valence electrons. The van der Waals surface area contributed by atoms with Crippen LogP contribution in [0.2, 0.25) is 5.02 Å². The van der Waals surface area contributed by atoms with E-state index in [-0.39, 0.29) is 12.6 Å². The van der Waals surface area contributed by atoms with Crippen LogP contribution >= 0.6 is 23.4 Å². The monoisotopic (exact) mass is 316 g/mol. The standard InChI is InChI=1S/C14H21ClN2O2S/c1-14(2,19)9-17(3)13(18)16-12-7-10(8-20-4)5-6-11(12)15/h5-7,19H,8-9H2,1-4H3,(H,16,18). The van der Waals surface area contributed by atoms with Gasteiger partial charge in [-0.3, -0.25) is 0 Å². The molecule has 0 aliphatic rings. The van der Waals surface area contributed by atoms with Crippen LogP contribution in [0.1, 0.15) is 19.4 Å². The van der Waals surface area contributed by atoms with Crippen LogP contribution in [-0.2, 0) is 5.75 Å². The minimum absolute atomic E-state index is 0.237. The lowest BCUT2D eigenvalue weighted by Crippen LogP contribution is -2.41. The van der Waals surface area contributed by atoms with Crippen LogP contribution in [0.15, 0.2) is 18.2 Å². The second-order valence-corrected chi connectivity index (χ2v) is 6.62. The lowest BCUT2D eigenvalue weighted by atomic mass is 10.1. The largest absolute Gasteiger partial charge is 0.389 e. The fourth-order valence-corrected chi connectivity index (χ4v) is 2.47. The number of urea groups is 1. The Labute approximate surface area is 129 Å². The lowest BCUT2D eigenvalue weighted by molar-refractivity contribution is 0.0550. The van der Waals surface area contributed by atoms with Gasteiger partial charge in [0.25, 0.3) is 0 Å². The molecule has 0 radical (unpaired) electrons. The average Bonchev–Trinajstić information content (AvgIpc) is 2.31. The van der Waals surface area contributed by atoms with Gasteiger partial charge in [0.1, 0.15) is 0 Å². The summed E-state index contributed by atoms with van der Waals surface area (Å²) in [5.74, 6) is 0.861. The van der Waals surface area contributed by atoms with E-state index >= 15 is 0 Å². The summed E-state index contributed by atoms with van der Waals surface area (Å²) in [5.41, 5.74) is 0.754. The highest BCUT2D eigenvalue weighted by Gasteiger charge is 2.19. The number of hydrogen-bond acceptors (Lipinski definition) is 3. The maximum Gasteiger partial charge on any atom is 0.321 e. The van der Waals surface area contributed by atoms with Crippen molar-refractivity contribution < 1.29 is 9.90 Å². The van der Waals surface area contributed by atoms with Crippen LogP contribution in [0.5, 0.6) is 0 Å². The highest BCUT2D eigenvalue weighted by atomic mass is 35.5.